The van der Waals surface area contributed by atoms with E-state index in [4.69, 9.17) is 28.3 Å². The van der Waals surface area contributed by atoms with Gasteiger partial charge in [0.05, 0.1) is 5.38 Å². The van der Waals surface area contributed by atoms with Crippen molar-refractivity contribution in [1.29, 1.82) is 0 Å². The predicted octanol–water partition coefficient (Wildman–Crippen LogP) is 5.15. The van der Waals surface area contributed by atoms with Crippen LogP contribution in [0.3, 0.4) is 0 Å². The Morgan fingerprint density at radius 2 is 1.75 bits per heavy atom. The molecule has 0 fully saturated rings. The highest BCUT2D eigenvalue weighted by atomic mass is 35.5. The third kappa shape index (κ3) is 3.75. The summed E-state index contributed by atoms with van der Waals surface area (Å²) in [7, 11) is 0. The standard InChI is InChI=1S/C16H14Cl2O2/c17-12-7-5-11(6-8-12)13-3-1-2-4-14(13)15(18)9-10-16(19)20/h1-8,15H,9-10H2,(H,19,20). The Morgan fingerprint density at radius 3 is 2.40 bits per heavy atom. The van der Waals surface area contributed by atoms with Gasteiger partial charge in [-0.1, -0.05) is 48.0 Å². The lowest BCUT2D eigenvalue weighted by Gasteiger charge is -2.14. The molecule has 0 aliphatic carbocycles. The number of carboxylic acids is 1. The van der Waals surface area contributed by atoms with Gasteiger partial charge in [0.1, 0.15) is 0 Å². The summed E-state index contributed by atoms with van der Waals surface area (Å²) in [6.45, 7) is 0. The molecule has 2 aromatic rings. The number of rotatable bonds is 5. The van der Waals surface area contributed by atoms with Crippen LogP contribution in [-0.2, 0) is 4.79 Å². The largest absolute Gasteiger partial charge is 0.481 e. The number of aliphatic carboxylic acids is 1. The zero-order chi connectivity index (χ0) is 14.5. The Bertz CT molecular complexity index is 594. The maximum Gasteiger partial charge on any atom is 0.303 e. The summed E-state index contributed by atoms with van der Waals surface area (Å²) >= 11 is 12.2. The topological polar surface area (TPSA) is 37.3 Å². The molecule has 104 valence electrons. The van der Waals surface area contributed by atoms with Crippen LogP contribution in [0.2, 0.25) is 5.02 Å². The van der Waals surface area contributed by atoms with Crippen LogP contribution in [0.4, 0.5) is 0 Å². The maximum absolute atomic E-state index is 10.7. The Labute approximate surface area is 128 Å². The Kier molecular flexibility index (Phi) is 5.05. The molecule has 0 spiro atoms. The van der Waals surface area contributed by atoms with Gasteiger partial charge in [-0.2, -0.15) is 0 Å². The van der Waals surface area contributed by atoms with Gasteiger partial charge < -0.3 is 5.11 Å². The third-order valence-electron chi connectivity index (χ3n) is 3.07. The highest BCUT2D eigenvalue weighted by Crippen LogP contribution is 2.34. The van der Waals surface area contributed by atoms with Gasteiger partial charge in [-0.15, -0.1) is 11.6 Å². The van der Waals surface area contributed by atoms with Crippen molar-refractivity contribution in [3.63, 3.8) is 0 Å². The molecule has 0 heterocycles. The van der Waals surface area contributed by atoms with Crippen molar-refractivity contribution in [2.45, 2.75) is 18.2 Å². The van der Waals surface area contributed by atoms with E-state index in [2.05, 4.69) is 0 Å². The molecule has 2 rings (SSSR count). The summed E-state index contributed by atoms with van der Waals surface area (Å²) in [5.74, 6) is -0.834. The molecule has 0 aromatic heterocycles. The van der Waals surface area contributed by atoms with Gasteiger partial charge in [0.25, 0.3) is 0 Å². The van der Waals surface area contributed by atoms with Gasteiger partial charge in [-0.05, 0) is 35.2 Å². The molecule has 2 aromatic carbocycles. The minimum atomic E-state index is -0.834. The van der Waals surface area contributed by atoms with Gasteiger partial charge in [0.15, 0.2) is 0 Å². The smallest absolute Gasteiger partial charge is 0.303 e. The van der Waals surface area contributed by atoms with E-state index in [0.717, 1.165) is 16.7 Å². The minimum absolute atomic E-state index is 0.0586. The molecule has 0 aliphatic heterocycles. The second kappa shape index (κ2) is 6.78. The van der Waals surface area contributed by atoms with Crippen molar-refractivity contribution in [2.24, 2.45) is 0 Å². The van der Waals surface area contributed by atoms with Crippen molar-refractivity contribution >= 4 is 29.2 Å². The van der Waals surface area contributed by atoms with Gasteiger partial charge in [0, 0.05) is 11.4 Å². The molecule has 0 saturated carbocycles. The zero-order valence-electron chi connectivity index (χ0n) is 10.7. The van der Waals surface area contributed by atoms with E-state index >= 15 is 0 Å². The molecule has 0 radical (unpaired) electrons. The molecule has 1 unspecified atom stereocenters. The first kappa shape index (κ1) is 14.9. The van der Waals surface area contributed by atoms with Crippen LogP contribution in [0.1, 0.15) is 23.8 Å². The molecule has 0 amide bonds. The summed E-state index contributed by atoms with van der Waals surface area (Å²) in [6.07, 6.45) is 0.463. The van der Waals surface area contributed by atoms with Crippen LogP contribution in [-0.4, -0.2) is 11.1 Å². The Balaban J connectivity index is 2.30. The Morgan fingerprint density at radius 1 is 1.10 bits per heavy atom. The number of benzene rings is 2. The zero-order valence-corrected chi connectivity index (χ0v) is 12.2. The van der Waals surface area contributed by atoms with Crippen molar-refractivity contribution in [2.75, 3.05) is 0 Å². The van der Waals surface area contributed by atoms with E-state index < -0.39 is 5.97 Å². The number of halogens is 2. The van der Waals surface area contributed by atoms with E-state index in [1.54, 1.807) is 0 Å². The second-order valence-corrected chi connectivity index (χ2v) is 5.46. The van der Waals surface area contributed by atoms with Gasteiger partial charge in [-0.25, -0.2) is 0 Å². The molecule has 20 heavy (non-hydrogen) atoms. The van der Waals surface area contributed by atoms with Gasteiger partial charge in [0.2, 0.25) is 0 Å². The fourth-order valence-corrected chi connectivity index (χ4v) is 2.49. The fourth-order valence-electron chi connectivity index (χ4n) is 2.07. The lowest BCUT2D eigenvalue weighted by atomic mass is 9.96. The van der Waals surface area contributed by atoms with Crippen molar-refractivity contribution < 1.29 is 9.90 Å². The van der Waals surface area contributed by atoms with Crippen LogP contribution in [0, 0.1) is 0 Å². The average molecular weight is 309 g/mol. The van der Waals surface area contributed by atoms with Gasteiger partial charge in [-0.3, -0.25) is 4.79 Å². The van der Waals surface area contributed by atoms with Crippen molar-refractivity contribution in [1.82, 2.24) is 0 Å². The molecular formula is C16H14Cl2O2. The summed E-state index contributed by atoms with van der Waals surface area (Å²) in [6, 6.07) is 15.3. The summed E-state index contributed by atoms with van der Waals surface area (Å²) in [4.78, 5) is 10.7. The normalized spacial score (nSPS) is 12.1. The van der Waals surface area contributed by atoms with Crippen LogP contribution in [0.25, 0.3) is 11.1 Å². The maximum atomic E-state index is 10.7. The quantitative estimate of drug-likeness (QED) is 0.775. The van der Waals surface area contributed by atoms with E-state index in [9.17, 15) is 4.79 Å². The molecule has 0 bridgehead atoms. The molecule has 1 atom stereocenters. The van der Waals surface area contributed by atoms with Crippen LogP contribution < -0.4 is 0 Å². The molecule has 0 aliphatic rings. The van der Waals surface area contributed by atoms with E-state index in [1.807, 2.05) is 48.5 Å². The third-order valence-corrected chi connectivity index (χ3v) is 3.77. The monoisotopic (exact) mass is 308 g/mol. The molecule has 0 saturated heterocycles. The summed E-state index contributed by atoms with van der Waals surface area (Å²) < 4.78 is 0. The SMILES string of the molecule is O=C(O)CCC(Cl)c1ccccc1-c1ccc(Cl)cc1. The van der Waals surface area contributed by atoms with E-state index in [1.165, 1.54) is 0 Å². The van der Waals surface area contributed by atoms with Crippen LogP contribution in [0.15, 0.2) is 48.5 Å². The second-order valence-electron chi connectivity index (χ2n) is 4.49. The Hall–Kier alpha value is -1.51. The van der Waals surface area contributed by atoms with E-state index in [-0.39, 0.29) is 11.8 Å². The number of alkyl halides is 1. The fraction of sp³-hybridized carbons (Fsp3) is 0.188. The minimum Gasteiger partial charge on any atom is -0.481 e. The molecular weight excluding hydrogens is 295 g/mol. The number of hydrogen-bond donors (Lipinski definition) is 1. The highest BCUT2D eigenvalue weighted by molar-refractivity contribution is 6.30. The number of carboxylic acid groups (broad SMARTS) is 1. The van der Waals surface area contributed by atoms with Crippen LogP contribution in [0.5, 0.6) is 0 Å². The van der Waals surface area contributed by atoms with Crippen molar-refractivity contribution in [3.05, 3.63) is 59.1 Å². The number of hydrogen-bond acceptors (Lipinski definition) is 1. The number of carbonyl (C=O) groups is 1. The molecule has 1 N–H and O–H groups in total. The lowest BCUT2D eigenvalue weighted by molar-refractivity contribution is -0.137. The van der Waals surface area contributed by atoms with E-state index in [0.29, 0.717) is 11.4 Å². The average Bonchev–Trinajstić information content (AvgIpc) is 2.45. The first-order valence-electron chi connectivity index (χ1n) is 6.28. The van der Waals surface area contributed by atoms with Crippen molar-refractivity contribution in [3.8, 4) is 11.1 Å². The first-order valence-corrected chi connectivity index (χ1v) is 7.10. The van der Waals surface area contributed by atoms with Crippen LogP contribution >= 0.6 is 23.2 Å². The first-order chi connectivity index (χ1) is 9.58. The summed E-state index contributed by atoms with van der Waals surface area (Å²) in [5.41, 5.74) is 2.97. The van der Waals surface area contributed by atoms with Gasteiger partial charge >= 0.3 is 5.97 Å². The molecule has 2 nitrogen and oxygen atoms in total. The molecule has 4 heteroatoms. The lowest BCUT2D eigenvalue weighted by Crippen LogP contribution is -2.00. The highest BCUT2D eigenvalue weighted by Gasteiger charge is 2.14. The predicted molar refractivity (Wildman–Crippen MR) is 82.4 cm³/mol. The summed E-state index contributed by atoms with van der Waals surface area (Å²) in [5, 5.41) is 9.11.